The highest BCUT2D eigenvalue weighted by atomic mass is 15.1. The van der Waals surface area contributed by atoms with Gasteiger partial charge in [-0.15, -0.1) is 0 Å². The van der Waals surface area contributed by atoms with Crippen LogP contribution in [0.5, 0.6) is 0 Å². The molecule has 0 heterocycles. The fourth-order valence-electron chi connectivity index (χ4n) is 2.46. The van der Waals surface area contributed by atoms with Gasteiger partial charge in [-0.1, -0.05) is 58.8 Å². The van der Waals surface area contributed by atoms with Crippen molar-refractivity contribution in [1.82, 2.24) is 10.2 Å². The molecule has 0 saturated carbocycles. The molecular weight excluding hydrogens is 232 g/mol. The lowest BCUT2D eigenvalue weighted by Gasteiger charge is -2.20. The van der Waals surface area contributed by atoms with E-state index >= 15 is 0 Å². The molecule has 0 saturated heterocycles. The SMILES string of the molecule is CCCCCCCCCC(CCN(C)C)NCCC. The lowest BCUT2D eigenvalue weighted by atomic mass is 10.0. The van der Waals surface area contributed by atoms with E-state index in [1.807, 2.05) is 0 Å². The summed E-state index contributed by atoms with van der Waals surface area (Å²) in [4.78, 5) is 2.30. The van der Waals surface area contributed by atoms with Crippen LogP contribution in [0, 0.1) is 0 Å². The Kier molecular flexibility index (Phi) is 14.3. The fraction of sp³-hybridized carbons (Fsp3) is 1.00. The summed E-state index contributed by atoms with van der Waals surface area (Å²) in [7, 11) is 4.34. The number of hydrogen-bond acceptors (Lipinski definition) is 2. The van der Waals surface area contributed by atoms with Gasteiger partial charge < -0.3 is 10.2 Å². The van der Waals surface area contributed by atoms with Gasteiger partial charge in [0.1, 0.15) is 0 Å². The predicted molar refractivity (Wildman–Crippen MR) is 87.9 cm³/mol. The van der Waals surface area contributed by atoms with Crippen molar-refractivity contribution in [3.05, 3.63) is 0 Å². The van der Waals surface area contributed by atoms with E-state index in [1.54, 1.807) is 0 Å². The van der Waals surface area contributed by atoms with Crippen molar-refractivity contribution < 1.29 is 0 Å². The maximum absolute atomic E-state index is 3.71. The summed E-state index contributed by atoms with van der Waals surface area (Å²) in [5.41, 5.74) is 0. The van der Waals surface area contributed by atoms with E-state index in [4.69, 9.17) is 0 Å². The van der Waals surface area contributed by atoms with Crippen molar-refractivity contribution in [3.63, 3.8) is 0 Å². The topological polar surface area (TPSA) is 15.3 Å². The van der Waals surface area contributed by atoms with E-state index in [0.29, 0.717) is 0 Å². The summed E-state index contributed by atoms with van der Waals surface area (Å²) >= 11 is 0. The highest BCUT2D eigenvalue weighted by molar-refractivity contribution is 4.68. The Morgan fingerprint density at radius 2 is 1.42 bits per heavy atom. The molecule has 0 bridgehead atoms. The van der Waals surface area contributed by atoms with Gasteiger partial charge in [-0.05, 0) is 46.4 Å². The predicted octanol–water partition coefficient (Wildman–Crippen LogP) is 4.45. The molecule has 0 aromatic heterocycles. The second-order valence-corrected chi connectivity index (χ2v) is 6.15. The van der Waals surface area contributed by atoms with Crippen LogP contribution in [0.4, 0.5) is 0 Å². The van der Waals surface area contributed by atoms with Gasteiger partial charge in [0.15, 0.2) is 0 Å². The molecule has 1 atom stereocenters. The number of rotatable bonds is 14. The molecule has 0 aromatic carbocycles. The molecule has 1 unspecified atom stereocenters. The molecule has 2 heteroatoms. The highest BCUT2D eigenvalue weighted by Gasteiger charge is 2.07. The van der Waals surface area contributed by atoms with E-state index in [0.717, 1.165) is 6.04 Å². The summed E-state index contributed by atoms with van der Waals surface area (Å²) in [6, 6.07) is 0.734. The van der Waals surface area contributed by atoms with Crippen molar-refractivity contribution in [3.8, 4) is 0 Å². The maximum Gasteiger partial charge on any atom is 0.00792 e. The summed E-state index contributed by atoms with van der Waals surface area (Å²) in [6.45, 7) is 6.92. The molecule has 19 heavy (non-hydrogen) atoms. The Morgan fingerprint density at radius 3 is 2.00 bits per heavy atom. The Balaban J connectivity index is 3.55. The fourth-order valence-corrected chi connectivity index (χ4v) is 2.46. The van der Waals surface area contributed by atoms with Gasteiger partial charge in [0.2, 0.25) is 0 Å². The molecule has 0 fully saturated rings. The quantitative estimate of drug-likeness (QED) is 0.469. The molecule has 0 rings (SSSR count). The van der Waals surface area contributed by atoms with Gasteiger partial charge >= 0.3 is 0 Å². The first-order chi connectivity index (χ1) is 9.20. The van der Waals surface area contributed by atoms with Crippen LogP contribution in [-0.2, 0) is 0 Å². The first kappa shape index (κ1) is 18.9. The molecule has 0 aromatic rings. The molecular formula is C17H38N2. The van der Waals surface area contributed by atoms with Crippen molar-refractivity contribution >= 4 is 0 Å². The summed E-state index contributed by atoms with van der Waals surface area (Å²) in [6.07, 6.45) is 13.8. The normalized spacial score (nSPS) is 13.1. The number of unbranched alkanes of at least 4 members (excludes halogenated alkanes) is 6. The highest BCUT2D eigenvalue weighted by Crippen LogP contribution is 2.11. The molecule has 0 aliphatic carbocycles. The average molecular weight is 271 g/mol. The second kappa shape index (κ2) is 14.3. The van der Waals surface area contributed by atoms with Crippen LogP contribution in [-0.4, -0.2) is 38.1 Å². The van der Waals surface area contributed by atoms with E-state index in [9.17, 15) is 0 Å². The van der Waals surface area contributed by atoms with Gasteiger partial charge in [-0.3, -0.25) is 0 Å². The number of nitrogens with one attached hydrogen (secondary N) is 1. The van der Waals surface area contributed by atoms with Gasteiger partial charge in [-0.2, -0.15) is 0 Å². The van der Waals surface area contributed by atoms with Crippen LogP contribution in [0.1, 0.15) is 78.1 Å². The van der Waals surface area contributed by atoms with Crippen molar-refractivity contribution in [2.24, 2.45) is 0 Å². The minimum absolute atomic E-state index is 0.734. The smallest absolute Gasteiger partial charge is 0.00792 e. The molecule has 0 spiro atoms. The average Bonchev–Trinajstić information content (AvgIpc) is 2.39. The van der Waals surface area contributed by atoms with Crippen LogP contribution >= 0.6 is 0 Å². The number of hydrogen-bond donors (Lipinski definition) is 1. The monoisotopic (exact) mass is 270 g/mol. The molecule has 116 valence electrons. The van der Waals surface area contributed by atoms with Gasteiger partial charge in [0, 0.05) is 6.04 Å². The van der Waals surface area contributed by atoms with Crippen LogP contribution < -0.4 is 5.32 Å². The summed E-state index contributed by atoms with van der Waals surface area (Å²) in [5.74, 6) is 0. The largest absolute Gasteiger partial charge is 0.314 e. The Morgan fingerprint density at radius 1 is 0.789 bits per heavy atom. The van der Waals surface area contributed by atoms with Crippen LogP contribution in [0.3, 0.4) is 0 Å². The van der Waals surface area contributed by atoms with Crippen molar-refractivity contribution in [2.45, 2.75) is 84.1 Å². The molecule has 0 amide bonds. The third-order valence-electron chi connectivity index (χ3n) is 3.76. The Bertz CT molecular complexity index is 169. The lowest BCUT2D eigenvalue weighted by molar-refractivity contribution is 0.343. The minimum Gasteiger partial charge on any atom is -0.314 e. The van der Waals surface area contributed by atoms with E-state index in [-0.39, 0.29) is 0 Å². The zero-order chi connectivity index (χ0) is 14.3. The van der Waals surface area contributed by atoms with Crippen LogP contribution in [0.25, 0.3) is 0 Å². The third-order valence-corrected chi connectivity index (χ3v) is 3.76. The van der Waals surface area contributed by atoms with E-state index in [1.165, 1.54) is 77.3 Å². The molecule has 0 aliphatic heterocycles. The second-order valence-electron chi connectivity index (χ2n) is 6.15. The zero-order valence-corrected chi connectivity index (χ0v) is 14.0. The lowest BCUT2D eigenvalue weighted by Crippen LogP contribution is -2.32. The third kappa shape index (κ3) is 14.1. The summed E-state index contributed by atoms with van der Waals surface area (Å²) < 4.78 is 0. The van der Waals surface area contributed by atoms with Gasteiger partial charge in [0.25, 0.3) is 0 Å². The van der Waals surface area contributed by atoms with E-state index in [2.05, 4.69) is 38.2 Å². The zero-order valence-electron chi connectivity index (χ0n) is 14.0. The maximum atomic E-state index is 3.71. The first-order valence-electron chi connectivity index (χ1n) is 8.58. The van der Waals surface area contributed by atoms with Crippen molar-refractivity contribution in [2.75, 3.05) is 27.2 Å². The summed E-state index contributed by atoms with van der Waals surface area (Å²) in [5, 5.41) is 3.71. The first-order valence-corrected chi connectivity index (χ1v) is 8.58. The molecule has 0 aliphatic rings. The molecule has 2 nitrogen and oxygen atoms in total. The molecule has 0 radical (unpaired) electrons. The number of nitrogens with zero attached hydrogens (tertiary/aromatic N) is 1. The minimum atomic E-state index is 0.734. The van der Waals surface area contributed by atoms with Crippen molar-refractivity contribution in [1.29, 1.82) is 0 Å². The van der Waals surface area contributed by atoms with Crippen LogP contribution in [0.15, 0.2) is 0 Å². The van der Waals surface area contributed by atoms with E-state index < -0.39 is 0 Å². The molecule has 1 N–H and O–H groups in total. The standard InChI is InChI=1S/C17H38N2/c1-5-7-8-9-10-11-12-13-17(18-15-6-2)14-16-19(3)4/h17-18H,5-16H2,1-4H3. The Labute approximate surface area is 122 Å². The van der Waals surface area contributed by atoms with Crippen LogP contribution in [0.2, 0.25) is 0 Å². The Hall–Kier alpha value is -0.0800. The van der Waals surface area contributed by atoms with Gasteiger partial charge in [-0.25, -0.2) is 0 Å². The van der Waals surface area contributed by atoms with Gasteiger partial charge in [0.05, 0.1) is 0 Å².